The van der Waals surface area contributed by atoms with Gasteiger partial charge in [-0.15, -0.1) is 10.2 Å². The maximum Gasteiger partial charge on any atom is 0.324 e. The summed E-state index contributed by atoms with van der Waals surface area (Å²) in [6.07, 6.45) is -1.02. The molecule has 2 aromatic heterocycles. The molecule has 6 aromatic rings. The van der Waals surface area contributed by atoms with Crippen molar-refractivity contribution in [3.8, 4) is 16.9 Å². The van der Waals surface area contributed by atoms with Gasteiger partial charge in [-0.05, 0) is 39.3 Å². The molecule has 4 aromatic carbocycles. The molecule has 0 atom stereocenters. The Morgan fingerprint density at radius 2 is 0.939 bits per heavy atom. The summed E-state index contributed by atoms with van der Waals surface area (Å²) >= 11 is 0. The van der Waals surface area contributed by atoms with Gasteiger partial charge in [-0.3, -0.25) is 10.6 Å². The predicted molar refractivity (Wildman–Crippen MR) is 238 cm³/mol. The number of imide groups is 2. The van der Waals surface area contributed by atoms with E-state index in [0.717, 1.165) is 0 Å². The van der Waals surface area contributed by atoms with E-state index in [2.05, 4.69) is 66.9 Å². The summed E-state index contributed by atoms with van der Waals surface area (Å²) in [7, 11) is 0. The Labute approximate surface area is 375 Å². The summed E-state index contributed by atoms with van der Waals surface area (Å²) in [6.45, 7) is 0.293. The van der Waals surface area contributed by atoms with Crippen LogP contribution in [0.5, 0.6) is 5.75 Å². The Balaban J connectivity index is 1.22. The van der Waals surface area contributed by atoms with Crippen molar-refractivity contribution < 1.29 is 24.3 Å². The number of phenolic OH excluding ortho intramolecular Hbond substituents is 1. The van der Waals surface area contributed by atoms with E-state index in [1.54, 1.807) is 42.5 Å². The molecule has 0 unspecified atom stereocenters. The predicted octanol–water partition coefficient (Wildman–Crippen LogP) is 1.38. The van der Waals surface area contributed by atoms with Gasteiger partial charge >= 0.3 is 24.1 Å². The molecule has 0 aliphatic carbocycles. The number of anilines is 1. The molecule has 338 valence electrons. The number of benzene rings is 4. The highest BCUT2D eigenvalue weighted by Gasteiger charge is 2.28. The normalized spacial score (nSPS) is 14.4. The lowest BCUT2D eigenvalue weighted by Crippen LogP contribution is -2.62. The molecule has 8 rings (SSSR count). The summed E-state index contributed by atoms with van der Waals surface area (Å²) < 4.78 is 0. The molecule has 8 amide bonds. The highest BCUT2D eigenvalue weighted by Crippen LogP contribution is 2.44. The zero-order valence-electron chi connectivity index (χ0n) is 35.1. The first-order valence-electron chi connectivity index (χ1n) is 20.6. The van der Waals surface area contributed by atoms with Gasteiger partial charge in [0.2, 0.25) is 0 Å². The van der Waals surface area contributed by atoms with Crippen LogP contribution in [0, 0.1) is 0 Å². The minimum Gasteiger partial charge on any atom is -0.505 e. The molecular formula is C42H45N19O5. The first-order chi connectivity index (χ1) is 31.9. The van der Waals surface area contributed by atoms with E-state index in [9.17, 15) is 24.3 Å². The molecule has 0 saturated carbocycles. The molecule has 17 N–H and O–H groups in total. The van der Waals surface area contributed by atoms with Crippen molar-refractivity contribution in [2.24, 2.45) is 33.2 Å². The number of carbonyl (C=O) groups excluding carboxylic acids is 4. The van der Waals surface area contributed by atoms with Crippen molar-refractivity contribution >= 4 is 52.0 Å². The van der Waals surface area contributed by atoms with Crippen LogP contribution in [0.25, 0.3) is 21.9 Å². The third-order valence-electron chi connectivity index (χ3n) is 10.6. The van der Waals surface area contributed by atoms with Gasteiger partial charge in [0.05, 0.1) is 37.6 Å². The van der Waals surface area contributed by atoms with Crippen molar-refractivity contribution in [2.75, 3.05) is 5.73 Å². The number of hydrogen-bond acceptors (Lipinski definition) is 18. The number of carbonyl (C=O) groups is 4. The average Bonchev–Trinajstić information content (AvgIpc) is 3.29. The number of azo groups is 1. The number of nitrogens with zero attached hydrogens (tertiary/aromatic N) is 8. The lowest BCUT2D eigenvalue weighted by atomic mass is 9.87. The number of urea groups is 4. The zero-order chi connectivity index (χ0) is 46.5. The number of nitrogen functional groups attached to an aromatic ring is 1. The summed E-state index contributed by atoms with van der Waals surface area (Å²) in [5.74, 6) is 2.01. The highest BCUT2D eigenvalue weighted by molar-refractivity contribution is 6.07. The van der Waals surface area contributed by atoms with Gasteiger partial charge in [-0.1, -0.05) is 54.6 Å². The molecule has 2 aliphatic heterocycles. The number of nitrogens with two attached hydrogens (primary N) is 5. The number of amides is 8. The van der Waals surface area contributed by atoms with Gasteiger partial charge in [0.25, 0.3) is 0 Å². The Bertz CT molecular complexity index is 2720. The fourth-order valence-corrected chi connectivity index (χ4v) is 7.82. The van der Waals surface area contributed by atoms with Crippen LogP contribution < -0.4 is 60.6 Å². The second kappa shape index (κ2) is 19.2. The van der Waals surface area contributed by atoms with Gasteiger partial charge in [0.1, 0.15) is 53.0 Å². The van der Waals surface area contributed by atoms with E-state index in [-0.39, 0.29) is 74.4 Å². The SMILES string of the molecule is NCc1nc(CN)nc(Cc2cccc(Cc3nc(CN)nc(CN)n3)c2/N=N/c2ccc3ccc(-c4c(CC5NC(=O)NC(=O)N5)cccc4CC4NC(=O)NC(=O)N4)c(N)c3c2O)n1. The van der Waals surface area contributed by atoms with Crippen LogP contribution in [-0.4, -0.2) is 71.5 Å². The Kier molecular flexibility index (Phi) is 12.9. The standard InChI is InChI=1S/C42H45N19O5/c43-15-30-48-26(49-31(16-44)52-30)13-22-5-2-6-23(14-27-50-32(17-45)53-33(18-46)51-27)37(22)61-60-25-10-8-19-7-9-24(36(47)35(19)38(25)62)34-20(11-28-54-39(63)58-40(64)55-28)3-1-4-21(34)12-29-56-41(65)59-42(66)57-29/h1-10,28-29,62H,11-18,43-47H2,(H3,54,55,58,63,64)(H3,56,57,59,65,66)/b61-60+. The summed E-state index contributed by atoms with van der Waals surface area (Å²) in [6, 6.07) is 15.1. The van der Waals surface area contributed by atoms with Crippen molar-refractivity contribution in [1.82, 2.24) is 61.8 Å². The van der Waals surface area contributed by atoms with E-state index >= 15 is 0 Å². The second-order valence-electron chi connectivity index (χ2n) is 15.1. The number of rotatable bonds is 15. The molecule has 66 heavy (non-hydrogen) atoms. The van der Waals surface area contributed by atoms with Crippen LogP contribution in [0.4, 0.5) is 36.2 Å². The molecule has 2 aliphatic rings. The maximum absolute atomic E-state index is 12.3. The molecular weight excluding hydrogens is 851 g/mol. The average molecular weight is 896 g/mol. The molecule has 24 heteroatoms. The van der Waals surface area contributed by atoms with E-state index in [1.807, 2.05) is 18.2 Å². The highest BCUT2D eigenvalue weighted by atomic mass is 16.3. The van der Waals surface area contributed by atoms with Crippen LogP contribution >= 0.6 is 0 Å². The van der Waals surface area contributed by atoms with Gasteiger partial charge in [-0.25, -0.2) is 49.1 Å². The topological polar surface area (TPSA) is 393 Å². The first-order valence-corrected chi connectivity index (χ1v) is 20.6. The van der Waals surface area contributed by atoms with E-state index < -0.39 is 36.5 Å². The van der Waals surface area contributed by atoms with E-state index in [4.69, 9.17) is 33.8 Å². The second-order valence-corrected chi connectivity index (χ2v) is 15.1. The Hall–Kier alpha value is -8.32. The van der Waals surface area contributed by atoms with Gasteiger partial charge in [-0.2, -0.15) is 0 Å². The zero-order valence-corrected chi connectivity index (χ0v) is 35.1. The quantitative estimate of drug-likeness (QED) is 0.0512. The van der Waals surface area contributed by atoms with Crippen LogP contribution in [0.2, 0.25) is 0 Å². The largest absolute Gasteiger partial charge is 0.505 e. The van der Waals surface area contributed by atoms with Gasteiger partial charge < -0.3 is 55.0 Å². The molecule has 2 saturated heterocycles. The van der Waals surface area contributed by atoms with Gasteiger partial charge in [0, 0.05) is 36.6 Å². The number of nitrogens with one attached hydrogen (secondary N) is 6. The number of aromatic hydroxyl groups is 1. The van der Waals surface area contributed by atoms with Crippen molar-refractivity contribution in [3.63, 3.8) is 0 Å². The van der Waals surface area contributed by atoms with Crippen molar-refractivity contribution in [1.29, 1.82) is 0 Å². The van der Waals surface area contributed by atoms with Crippen molar-refractivity contribution in [2.45, 2.75) is 64.2 Å². The van der Waals surface area contributed by atoms with Gasteiger partial charge in [0.15, 0.2) is 5.75 Å². The lowest BCUT2D eigenvalue weighted by Gasteiger charge is -2.28. The summed E-state index contributed by atoms with van der Waals surface area (Å²) in [5, 5.41) is 37.3. The molecule has 2 fully saturated rings. The van der Waals surface area contributed by atoms with E-state index in [0.29, 0.717) is 79.4 Å². The minimum absolute atomic E-state index is 0.0732. The van der Waals surface area contributed by atoms with Crippen LogP contribution in [0.3, 0.4) is 0 Å². The van der Waals surface area contributed by atoms with E-state index in [1.165, 1.54) is 0 Å². The third kappa shape index (κ3) is 9.75. The van der Waals surface area contributed by atoms with Crippen molar-refractivity contribution in [3.05, 3.63) is 118 Å². The lowest BCUT2D eigenvalue weighted by molar-refractivity contribution is 0.207. The fraction of sp³-hybridized carbons (Fsp3) is 0.238. The number of aromatic nitrogens is 6. The maximum atomic E-state index is 12.3. The number of hydrogen-bond donors (Lipinski definition) is 12. The monoisotopic (exact) mass is 895 g/mol. The molecule has 0 spiro atoms. The Morgan fingerprint density at radius 1 is 0.530 bits per heavy atom. The Morgan fingerprint density at radius 3 is 1.38 bits per heavy atom. The smallest absolute Gasteiger partial charge is 0.324 e. The number of phenols is 1. The third-order valence-corrected chi connectivity index (χ3v) is 10.6. The number of fused-ring (bicyclic) bond motifs is 1. The van der Waals surface area contributed by atoms with Crippen LogP contribution in [0.15, 0.2) is 70.9 Å². The molecule has 0 radical (unpaired) electrons. The summed E-state index contributed by atoms with van der Waals surface area (Å²) in [4.78, 5) is 75.8. The molecule has 0 bridgehead atoms. The summed E-state index contributed by atoms with van der Waals surface area (Å²) in [5.41, 5.74) is 34.9. The first kappa shape index (κ1) is 44.3. The van der Waals surface area contributed by atoms with Crippen LogP contribution in [-0.2, 0) is 51.9 Å². The molecule has 24 nitrogen and oxygen atoms in total. The minimum atomic E-state index is -0.806. The molecule has 4 heterocycles. The fourth-order valence-electron chi connectivity index (χ4n) is 7.82. The van der Waals surface area contributed by atoms with Crippen LogP contribution in [0.1, 0.15) is 57.2 Å².